The predicted molar refractivity (Wildman–Crippen MR) is 81.9 cm³/mol. The molecule has 0 spiro atoms. The number of nitrogens with one attached hydrogen (secondary N) is 1. The van der Waals surface area contributed by atoms with Crippen LogP contribution in [0.2, 0.25) is 0 Å². The molecule has 0 aliphatic heterocycles. The molecule has 4 heteroatoms. The Bertz CT molecular complexity index is 487. The highest BCUT2D eigenvalue weighted by molar-refractivity contribution is 7.99. The number of carboxylic acid groups (broad SMARTS) is 1. The van der Waals surface area contributed by atoms with Gasteiger partial charge in [-0.2, -0.15) is 0 Å². The quantitative estimate of drug-likeness (QED) is 0.769. The fourth-order valence-corrected chi connectivity index (χ4v) is 2.72. The number of benzene rings is 2. The second-order valence-corrected chi connectivity index (χ2v) is 5.47. The lowest BCUT2D eigenvalue weighted by Gasteiger charge is -2.14. The van der Waals surface area contributed by atoms with E-state index in [1.807, 2.05) is 60.7 Å². The van der Waals surface area contributed by atoms with Crippen LogP contribution in [0.3, 0.4) is 0 Å². The van der Waals surface area contributed by atoms with E-state index >= 15 is 0 Å². The standard InChI is InChI=1S/C16H17NO2S/c18-16(19)15(12-20-14-9-5-2-6-10-14)17-11-13-7-3-1-4-8-13/h1-10,15,17H,11-12H2,(H,18,19). The van der Waals surface area contributed by atoms with Crippen LogP contribution in [-0.4, -0.2) is 22.9 Å². The molecule has 0 saturated heterocycles. The van der Waals surface area contributed by atoms with Crippen LogP contribution in [0.15, 0.2) is 65.6 Å². The molecule has 1 unspecified atom stereocenters. The summed E-state index contributed by atoms with van der Waals surface area (Å²) < 4.78 is 0. The molecule has 2 aromatic rings. The van der Waals surface area contributed by atoms with E-state index in [1.165, 1.54) is 0 Å². The summed E-state index contributed by atoms with van der Waals surface area (Å²) in [4.78, 5) is 12.3. The minimum atomic E-state index is -0.815. The number of thioether (sulfide) groups is 1. The molecular weight excluding hydrogens is 270 g/mol. The van der Waals surface area contributed by atoms with Gasteiger partial charge in [0.1, 0.15) is 6.04 Å². The lowest BCUT2D eigenvalue weighted by atomic mass is 10.2. The second-order valence-electron chi connectivity index (χ2n) is 4.38. The second kappa shape index (κ2) is 7.72. The van der Waals surface area contributed by atoms with Crippen molar-refractivity contribution in [1.82, 2.24) is 5.32 Å². The van der Waals surface area contributed by atoms with Gasteiger partial charge in [-0.1, -0.05) is 48.5 Å². The number of rotatable bonds is 7. The summed E-state index contributed by atoms with van der Waals surface area (Å²) in [5.74, 6) is -0.309. The van der Waals surface area contributed by atoms with E-state index in [-0.39, 0.29) is 0 Å². The van der Waals surface area contributed by atoms with Gasteiger partial charge >= 0.3 is 5.97 Å². The van der Waals surface area contributed by atoms with Crippen molar-refractivity contribution in [3.63, 3.8) is 0 Å². The molecule has 0 bridgehead atoms. The van der Waals surface area contributed by atoms with Crippen LogP contribution in [0, 0.1) is 0 Å². The lowest BCUT2D eigenvalue weighted by Crippen LogP contribution is -2.38. The van der Waals surface area contributed by atoms with Gasteiger partial charge in [-0.05, 0) is 17.7 Å². The summed E-state index contributed by atoms with van der Waals surface area (Å²) in [5.41, 5.74) is 1.09. The molecule has 104 valence electrons. The molecular formula is C16H17NO2S. The van der Waals surface area contributed by atoms with Crippen LogP contribution < -0.4 is 5.32 Å². The van der Waals surface area contributed by atoms with Gasteiger partial charge in [-0.3, -0.25) is 10.1 Å². The fourth-order valence-electron chi connectivity index (χ4n) is 1.75. The maximum absolute atomic E-state index is 11.3. The highest BCUT2D eigenvalue weighted by Crippen LogP contribution is 2.18. The van der Waals surface area contributed by atoms with Gasteiger partial charge in [0.2, 0.25) is 0 Å². The first-order valence-corrected chi connectivity index (χ1v) is 7.42. The Labute approximate surface area is 123 Å². The highest BCUT2D eigenvalue weighted by atomic mass is 32.2. The average Bonchev–Trinajstić information content (AvgIpc) is 2.49. The van der Waals surface area contributed by atoms with E-state index in [4.69, 9.17) is 0 Å². The van der Waals surface area contributed by atoms with Crippen molar-refractivity contribution in [3.05, 3.63) is 66.2 Å². The lowest BCUT2D eigenvalue weighted by molar-refractivity contribution is -0.138. The third-order valence-electron chi connectivity index (χ3n) is 2.85. The largest absolute Gasteiger partial charge is 0.480 e. The number of aliphatic carboxylic acids is 1. The minimum absolute atomic E-state index is 0.506. The highest BCUT2D eigenvalue weighted by Gasteiger charge is 2.16. The molecule has 0 aromatic heterocycles. The Morgan fingerprint density at radius 2 is 1.65 bits per heavy atom. The van der Waals surface area contributed by atoms with Crippen molar-refractivity contribution >= 4 is 17.7 Å². The third kappa shape index (κ3) is 4.72. The van der Waals surface area contributed by atoms with E-state index in [2.05, 4.69) is 5.32 Å². The predicted octanol–water partition coefficient (Wildman–Crippen LogP) is 3.02. The van der Waals surface area contributed by atoms with Crippen molar-refractivity contribution in [2.45, 2.75) is 17.5 Å². The maximum Gasteiger partial charge on any atom is 0.321 e. The van der Waals surface area contributed by atoms with Crippen LogP contribution in [0.5, 0.6) is 0 Å². The first kappa shape index (κ1) is 14.6. The zero-order valence-electron chi connectivity index (χ0n) is 11.0. The number of hydrogen-bond acceptors (Lipinski definition) is 3. The molecule has 20 heavy (non-hydrogen) atoms. The Morgan fingerprint density at radius 3 is 2.25 bits per heavy atom. The summed E-state index contributed by atoms with van der Waals surface area (Å²) in [6.07, 6.45) is 0. The van der Waals surface area contributed by atoms with Gasteiger partial charge in [0.25, 0.3) is 0 Å². The van der Waals surface area contributed by atoms with Gasteiger partial charge in [-0.25, -0.2) is 0 Å². The zero-order chi connectivity index (χ0) is 14.2. The van der Waals surface area contributed by atoms with E-state index in [9.17, 15) is 9.90 Å². The minimum Gasteiger partial charge on any atom is -0.480 e. The van der Waals surface area contributed by atoms with Crippen LogP contribution in [-0.2, 0) is 11.3 Å². The molecule has 0 fully saturated rings. The van der Waals surface area contributed by atoms with E-state index in [0.717, 1.165) is 10.5 Å². The Hall–Kier alpha value is -1.78. The van der Waals surface area contributed by atoms with Crippen LogP contribution in [0.4, 0.5) is 0 Å². The summed E-state index contributed by atoms with van der Waals surface area (Å²) in [5, 5.41) is 12.3. The number of carbonyl (C=O) groups is 1. The topological polar surface area (TPSA) is 49.3 Å². The van der Waals surface area contributed by atoms with Crippen molar-refractivity contribution in [3.8, 4) is 0 Å². The Morgan fingerprint density at radius 1 is 1.05 bits per heavy atom. The van der Waals surface area contributed by atoms with Gasteiger partial charge in [-0.15, -0.1) is 11.8 Å². The molecule has 2 N–H and O–H groups in total. The zero-order valence-corrected chi connectivity index (χ0v) is 11.8. The summed E-state index contributed by atoms with van der Waals surface area (Å²) in [6, 6.07) is 19.1. The maximum atomic E-state index is 11.3. The number of hydrogen-bond donors (Lipinski definition) is 2. The summed E-state index contributed by atoms with van der Waals surface area (Å²) >= 11 is 1.55. The van der Waals surface area contributed by atoms with Gasteiger partial charge in [0.15, 0.2) is 0 Å². The molecule has 3 nitrogen and oxygen atoms in total. The SMILES string of the molecule is O=C(O)C(CSc1ccccc1)NCc1ccccc1. The molecule has 0 radical (unpaired) electrons. The van der Waals surface area contributed by atoms with Crippen molar-refractivity contribution in [2.75, 3.05) is 5.75 Å². The van der Waals surface area contributed by atoms with Crippen LogP contribution >= 0.6 is 11.8 Å². The van der Waals surface area contributed by atoms with Crippen molar-refractivity contribution < 1.29 is 9.90 Å². The van der Waals surface area contributed by atoms with Crippen LogP contribution in [0.1, 0.15) is 5.56 Å². The molecule has 0 aliphatic rings. The molecule has 0 amide bonds. The molecule has 1 atom stereocenters. The average molecular weight is 287 g/mol. The normalized spacial score (nSPS) is 12.0. The summed E-state index contributed by atoms with van der Waals surface area (Å²) in [7, 11) is 0. The third-order valence-corrected chi connectivity index (χ3v) is 3.96. The van der Waals surface area contributed by atoms with E-state index in [0.29, 0.717) is 12.3 Å². The van der Waals surface area contributed by atoms with Crippen LogP contribution in [0.25, 0.3) is 0 Å². The van der Waals surface area contributed by atoms with Gasteiger partial charge in [0, 0.05) is 17.2 Å². The smallest absolute Gasteiger partial charge is 0.321 e. The molecule has 0 heterocycles. The Kier molecular flexibility index (Phi) is 5.65. The fraction of sp³-hybridized carbons (Fsp3) is 0.188. The van der Waals surface area contributed by atoms with Gasteiger partial charge < -0.3 is 5.11 Å². The molecule has 2 aromatic carbocycles. The monoisotopic (exact) mass is 287 g/mol. The molecule has 2 rings (SSSR count). The number of carboxylic acids is 1. The molecule has 0 saturated carbocycles. The van der Waals surface area contributed by atoms with Crippen molar-refractivity contribution in [1.29, 1.82) is 0 Å². The first-order chi connectivity index (χ1) is 9.75. The first-order valence-electron chi connectivity index (χ1n) is 6.43. The van der Waals surface area contributed by atoms with E-state index in [1.54, 1.807) is 11.8 Å². The van der Waals surface area contributed by atoms with Crippen molar-refractivity contribution in [2.24, 2.45) is 0 Å². The summed E-state index contributed by atoms with van der Waals surface area (Å²) in [6.45, 7) is 0.563. The Balaban J connectivity index is 1.86. The molecule has 0 aliphatic carbocycles. The van der Waals surface area contributed by atoms with E-state index < -0.39 is 12.0 Å². The van der Waals surface area contributed by atoms with Gasteiger partial charge in [0.05, 0.1) is 0 Å².